The Morgan fingerprint density at radius 3 is 2.85 bits per heavy atom. The Hall–Kier alpha value is -2.21. The van der Waals surface area contributed by atoms with Crippen LogP contribution in [0.15, 0.2) is 52.9 Å². The second-order valence-corrected chi connectivity index (χ2v) is 5.05. The van der Waals surface area contributed by atoms with Gasteiger partial charge < -0.3 is 5.32 Å². The van der Waals surface area contributed by atoms with Crippen molar-refractivity contribution in [2.75, 3.05) is 11.9 Å². The topological polar surface area (TPSA) is 63.6 Å². The third-order valence-electron chi connectivity index (χ3n) is 2.64. The predicted molar refractivity (Wildman–Crippen MR) is 79.9 cm³/mol. The van der Waals surface area contributed by atoms with Crippen LogP contribution in [-0.2, 0) is 0 Å². The van der Waals surface area contributed by atoms with Gasteiger partial charge in [-0.2, -0.15) is 0 Å². The van der Waals surface area contributed by atoms with Crippen LogP contribution in [0.2, 0.25) is 0 Å². The molecule has 0 saturated heterocycles. The Bertz CT molecular complexity index is 717. The molecule has 20 heavy (non-hydrogen) atoms. The molecule has 0 saturated carbocycles. The lowest BCUT2D eigenvalue weighted by Crippen LogP contribution is -2.03. The summed E-state index contributed by atoms with van der Waals surface area (Å²) in [4.78, 5) is 17.4. The molecule has 3 aromatic rings. The van der Waals surface area contributed by atoms with E-state index in [1.54, 1.807) is 18.6 Å². The molecule has 1 aromatic carbocycles. The SMILES string of the molecule is CCNc1nc(Sc2cnccn2)c2ccccc2n1. The molecular formula is C14H13N5S. The fraction of sp³-hybridized carbons (Fsp3) is 0.143. The third kappa shape index (κ3) is 2.70. The summed E-state index contributed by atoms with van der Waals surface area (Å²) in [6.07, 6.45) is 5.07. The van der Waals surface area contributed by atoms with Gasteiger partial charge in [0.15, 0.2) is 0 Å². The largest absolute Gasteiger partial charge is 0.354 e. The summed E-state index contributed by atoms with van der Waals surface area (Å²) in [6, 6.07) is 7.96. The van der Waals surface area contributed by atoms with Gasteiger partial charge in [0.25, 0.3) is 0 Å². The molecule has 0 aliphatic rings. The van der Waals surface area contributed by atoms with Crippen molar-refractivity contribution in [3.63, 3.8) is 0 Å². The minimum absolute atomic E-state index is 0.637. The van der Waals surface area contributed by atoms with Crippen molar-refractivity contribution in [1.82, 2.24) is 19.9 Å². The number of nitrogens with zero attached hydrogens (tertiary/aromatic N) is 4. The smallest absolute Gasteiger partial charge is 0.224 e. The highest BCUT2D eigenvalue weighted by molar-refractivity contribution is 7.99. The molecule has 100 valence electrons. The molecule has 3 rings (SSSR count). The van der Waals surface area contributed by atoms with Crippen molar-refractivity contribution in [2.45, 2.75) is 17.0 Å². The van der Waals surface area contributed by atoms with Crippen molar-refractivity contribution < 1.29 is 0 Å². The zero-order valence-electron chi connectivity index (χ0n) is 10.9. The highest BCUT2D eigenvalue weighted by Crippen LogP contribution is 2.30. The molecule has 0 aliphatic heterocycles. The second-order valence-electron chi connectivity index (χ2n) is 4.05. The van der Waals surface area contributed by atoms with Crippen molar-refractivity contribution in [3.8, 4) is 0 Å². The number of benzene rings is 1. The van der Waals surface area contributed by atoms with Crippen molar-refractivity contribution >= 4 is 28.6 Å². The van der Waals surface area contributed by atoms with Gasteiger partial charge in [-0.1, -0.05) is 18.2 Å². The minimum Gasteiger partial charge on any atom is -0.354 e. The summed E-state index contributed by atoms with van der Waals surface area (Å²) in [7, 11) is 0. The van der Waals surface area contributed by atoms with E-state index in [0.29, 0.717) is 5.95 Å². The van der Waals surface area contributed by atoms with E-state index in [9.17, 15) is 0 Å². The van der Waals surface area contributed by atoms with Gasteiger partial charge in [-0.3, -0.25) is 4.98 Å². The van der Waals surface area contributed by atoms with Crippen LogP contribution in [0.5, 0.6) is 0 Å². The molecule has 0 fully saturated rings. The maximum atomic E-state index is 4.56. The van der Waals surface area contributed by atoms with Gasteiger partial charge in [-0.05, 0) is 24.8 Å². The maximum Gasteiger partial charge on any atom is 0.224 e. The fourth-order valence-electron chi connectivity index (χ4n) is 1.80. The van der Waals surface area contributed by atoms with Gasteiger partial charge in [-0.15, -0.1) is 0 Å². The van der Waals surface area contributed by atoms with E-state index in [1.165, 1.54) is 11.8 Å². The maximum absolute atomic E-state index is 4.56. The summed E-state index contributed by atoms with van der Waals surface area (Å²) < 4.78 is 0. The summed E-state index contributed by atoms with van der Waals surface area (Å²) in [6.45, 7) is 2.81. The zero-order chi connectivity index (χ0) is 13.8. The molecule has 0 spiro atoms. The molecule has 2 aromatic heterocycles. The monoisotopic (exact) mass is 283 g/mol. The van der Waals surface area contributed by atoms with E-state index in [2.05, 4.69) is 25.3 Å². The zero-order valence-corrected chi connectivity index (χ0v) is 11.8. The van der Waals surface area contributed by atoms with Crippen LogP contribution >= 0.6 is 11.8 Å². The Morgan fingerprint density at radius 2 is 2.05 bits per heavy atom. The Kier molecular flexibility index (Phi) is 3.73. The first-order chi connectivity index (χ1) is 9.86. The highest BCUT2D eigenvalue weighted by Gasteiger charge is 2.09. The van der Waals surface area contributed by atoms with Gasteiger partial charge in [0.2, 0.25) is 5.95 Å². The van der Waals surface area contributed by atoms with Crippen LogP contribution in [0.1, 0.15) is 6.92 Å². The first-order valence-electron chi connectivity index (χ1n) is 6.31. The van der Waals surface area contributed by atoms with Crippen LogP contribution in [0, 0.1) is 0 Å². The average molecular weight is 283 g/mol. The molecule has 0 aliphatic carbocycles. The van der Waals surface area contributed by atoms with Crippen molar-refractivity contribution in [1.29, 1.82) is 0 Å². The minimum atomic E-state index is 0.637. The Balaban J connectivity index is 2.07. The summed E-state index contributed by atoms with van der Waals surface area (Å²) in [5.74, 6) is 0.637. The fourth-order valence-corrected chi connectivity index (χ4v) is 2.64. The number of aromatic nitrogens is 4. The van der Waals surface area contributed by atoms with E-state index in [1.807, 2.05) is 31.2 Å². The van der Waals surface area contributed by atoms with E-state index in [4.69, 9.17) is 0 Å². The number of fused-ring (bicyclic) bond motifs is 1. The van der Waals surface area contributed by atoms with E-state index in [0.717, 1.165) is 27.5 Å². The van der Waals surface area contributed by atoms with Crippen LogP contribution < -0.4 is 5.32 Å². The lowest BCUT2D eigenvalue weighted by Gasteiger charge is -2.08. The quantitative estimate of drug-likeness (QED) is 0.743. The summed E-state index contributed by atoms with van der Waals surface area (Å²) >= 11 is 1.49. The summed E-state index contributed by atoms with van der Waals surface area (Å²) in [5.41, 5.74) is 0.921. The first kappa shape index (κ1) is 12.8. The first-order valence-corrected chi connectivity index (χ1v) is 7.13. The third-order valence-corrected chi connectivity index (χ3v) is 3.57. The van der Waals surface area contributed by atoms with E-state index in [-0.39, 0.29) is 0 Å². The summed E-state index contributed by atoms with van der Waals surface area (Å²) in [5, 5.41) is 5.87. The molecule has 0 amide bonds. The molecule has 0 unspecified atom stereocenters. The molecule has 0 radical (unpaired) electrons. The number of para-hydroxylation sites is 1. The lowest BCUT2D eigenvalue weighted by molar-refractivity contribution is 1.03. The molecule has 6 heteroatoms. The molecule has 1 N–H and O–H groups in total. The number of hydrogen-bond acceptors (Lipinski definition) is 6. The van der Waals surface area contributed by atoms with Gasteiger partial charge in [0.1, 0.15) is 10.1 Å². The van der Waals surface area contributed by atoms with Crippen molar-refractivity contribution in [2.24, 2.45) is 0 Å². The Labute approximate surface area is 120 Å². The lowest BCUT2D eigenvalue weighted by atomic mass is 10.2. The van der Waals surface area contributed by atoms with Crippen molar-refractivity contribution in [3.05, 3.63) is 42.9 Å². The van der Waals surface area contributed by atoms with Crippen LogP contribution in [-0.4, -0.2) is 26.5 Å². The van der Waals surface area contributed by atoms with E-state index < -0.39 is 0 Å². The molecule has 2 heterocycles. The molecular weight excluding hydrogens is 270 g/mol. The second kappa shape index (κ2) is 5.83. The van der Waals surface area contributed by atoms with Crippen LogP contribution in [0.25, 0.3) is 10.9 Å². The predicted octanol–water partition coefficient (Wildman–Crippen LogP) is 3.00. The Morgan fingerprint density at radius 1 is 1.15 bits per heavy atom. The van der Waals surface area contributed by atoms with E-state index >= 15 is 0 Å². The molecule has 0 atom stereocenters. The van der Waals surface area contributed by atoms with Gasteiger partial charge in [-0.25, -0.2) is 15.0 Å². The standard InChI is InChI=1S/C14H13N5S/c1-2-16-14-18-11-6-4-3-5-10(11)13(19-14)20-12-9-15-7-8-17-12/h3-9H,2H2,1H3,(H,16,18,19). The number of anilines is 1. The normalized spacial score (nSPS) is 10.7. The number of rotatable bonds is 4. The highest BCUT2D eigenvalue weighted by atomic mass is 32.2. The van der Waals surface area contributed by atoms with Gasteiger partial charge in [0.05, 0.1) is 11.7 Å². The number of nitrogens with one attached hydrogen (secondary N) is 1. The molecule has 0 bridgehead atoms. The number of hydrogen-bond donors (Lipinski definition) is 1. The van der Waals surface area contributed by atoms with Crippen LogP contribution in [0.4, 0.5) is 5.95 Å². The molecule has 5 nitrogen and oxygen atoms in total. The van der Waals surface area contributed by atoms with Gasteiger partial charge in [0, 0.05) is 24.3 Å². The van der Waals surface area contributed by atoms with Crippen LogP contribution in [0.3, 0.4) is 0 Å². The average Bonchev–Trinajstić information content (AvgIpc) is 2.49. The van der Waals surface area contributed by atoms with Gasteiger partial charge >= 0.3 is 0 Å².